The molecule has 7 heteroatoms. The molecule has 5 nitrogen and oxygen atoms in total. The second-order valence-corrected chi connectivity index (χ2v) is 7.62. The van der Waals surface area contributed by atoms with Crippen LogP contribution in [0.3, 0.4) is 0 Å². The molecule has 31 heavy (non-hydrogen) atoms. The predicted molar refractivity (Wildman–Crippen MR) is 112 cm³/mol. The van der Waals surface area contributed by atoms with E-state index in [1.807, 2.05) is 0 Å². The van der Waals surface area contributed by atoms with Crippen LogP contribution < -0.4 is 0 Å². The second-order valence-electron chi connectivity index (χ2n) is 7.62. The molecule has 1 saturated heterocycles. The lowest BCUT2D eigenvalue weighted by atomic mass is 10.0. The van der Waals surface area contributed by atoms with Crippen molar-refractivity contribution in [3.8, 4) is 0 Å². The van der Waals surface area contributed by atoms with Gasteiger partial charge < -0.3 is 15.1 Å². The van der Waals surface area contributed by atoms with Gasteiger partial charge in [0, 0.05) is 18.5 Å². The molecule has 2 unspecified atom stereocenters. The van der Waals surface area contributed by atoms with Crippen LogP contribution in [0.15, 0.2) is 66.7 Å². The quantitative estimate of drug-likeness (QED) is 0.591. The number of carboxylic acids is 1. The van der Waals surface area contributed by atoms with E-state index in [1.165, 1.54) is 30.3 Å². The van der Waals surface area contributed by atoms with Gasteiger partial charge in [-0.25, -0.2) is 4.79 Å². The van der Waals surface area contributed by atoms with Crippen molar-refractivity contribution >= 4 is 11.9 Å². The summed E-state index contributed by atoms with van der Waals surface area (Å²) in [6, 6.07) is 13.4. The van der Waals surface area contributed by atoms with Crippen molar-refractivity contribution in [2.75, 3.05) is 6.54 Å². The normalized spacial score (nSPS) is 18.0. The number of aromatic carboxylic acids is 1. The molecule has 0 aromatic heterocycles. The molecular weight excluding hydrogens is 404 g/mol. The molecule has 0 radical (unpaired) electrons. The van der Waals surface area contributed by atoms with Crippen molar-refractivity contribution < 1.29 is 28.6 Å². The number of hydrogen-bond donors (Lipinski definition) is 2. The lowest BCUT2D eigenvalue weighted by molar-refractivity contribution is -0.128. The first-order valence-corrected chi connectivity index (χ1v) is 10.2. The van der Waals surface area contributed by atoms with Gasteiger partial charge in [0.25, 0.3) is 0 Å². The standard InChI is InChI=1S/C24H25F2NO4/c25-24(26,19-6-2-1-3-7-19)21(28)14-12-20-13-15-22(29)27(20)16-4-5-17-8-10-18(11-9-17)23(30)31/h1-3,6-12,14,20-21,28H,4-5,13,15-16H2,(H,30,31). The number of alkyl halides is 2. The number of carboxylic acid groups (broad SMARTS) is 1. The lowest BCUT2D eigenvalue weighted by Crippen LogP contribution is -2.34. The fraction of sp³-hybridized carbons (Fsp3) is 0.333. The number of aliphatic hydroxyl groups is 1. The number of halogens is 2. The van der Waals surface area contributed by atoms with E-state index in [-0.39, 0.29) is 23.1 Å². The first-order chi connectivity index (χ1) is 14.8. The van der Waals surface area contributed by atoms with E-state index in [2.05, 4.69) is 0 Å². The zero-order valence-electron chi connectivity index (χ0n) is 17.0. The van der Waals surface area contributed by atoms with Gasteiger partial charge >= 0.3 is 11.9 Å². The smallest absolute Gasteiger partial charge is 0.335 e. The van der Waals surface area contributed by atoms with Crippen LogP contribution >= 0.6 is 0 Å². The fourth-order valence-electron chi connectivity index (χ4n) is 3.70. The number of aliphatic hydroxyl groups excluding tert-OH is 1. The maximum Gasteiger partial charge on any atom is 0.335 e. The Morgan fingerprint density at radius 2 is 1.84 bits per heavy atom. The summed E-state index contributed by atoms with van der Waals surface area (Å²) >= 11 is 0. The third-order valence-corrected chi connectivity index (χ3v) is 5.49. The molecule has 2 atom stereocenters. The van der Waals surface area contributed by atoms with Crippen molar-refractivity contribution in [3.63, 3.8) is 0 Å². The van der Waals surface area contributed by atoms with Crippen molar-refractivity contribution in [2.24, 2.45) is 0 Å². The van der Waals surface area contributed by atoms with Gasteiger partial charge in [0.1, 0.15) is 6.10 Å². The Hall–Kier alpha value is -3.06. The molecule has 164 valence electrons. The molecule has 2 aromatic rings. The van der Waals surface area contributed by atoms with Gasteiger partial charge in [0.15, 0.2) is 0 Å². The van der Waals surface area contributed by atoms with Gasteiger partial charge in [-0.3, -0.25) is 4.79 Å². The van der Waals surface area contributed by atoms with Gasteiger partial charge in [-0.1, -0.05) is 54.6 Å². The monoisotopic (exact) mass is 429 g/mol. The average Bonchev–Trinajstić information content (AvgIpc) is 3.12. The third-order valence-electron chi connectivity index (χ3n) is 5.49. The maximum absolute atomic E-state index is 14.4. The Bertz CT molecular complexity index is 928. The van der Waals surface area contributed by atoms with Crippen LogP contribution in [0.25, 0.3) is 0 Å². The van der Waals surface area contributed by atoms with E-state index >= 15 is 0 Å². The molecule has 0 bridgehead atoms. The molecular formula is C24H25F2NO4. The molecule has 0 spiro atoms. The number of aryl methyl sites for hydroxylation is 1. The Labute approximate surface area is 179 Å². The highest BCUT2D eigenvalue weighted by Crippen LogP contribution is 2.32. The number of rotatable bonds is 9. The highest BCUT2D eigenvalue weighted by atomic mass is 19.3. The molecule has 1 heterocycles. The molecule has 0 saturated carbocycles. The van der Waals surface area contributed by atoms with Gasteiger partial charge in [0.2, 0.25) is 5.91 Å². The summed E-state index contributed by atoms with van der Waals surface area (Å²) in [5.74, 6) is -4.45. The van der Waals surface area contributed by atoms with Crippen molar-refractivity contribution in [3.05, 3.63) is 83.4 Å². The zero-order chi connectivity index (χ0) is 22.4. The molecule has 1 amide bonds. The van der Waals surface area contributed by atoms with Crippen LogP contribution in [0.1, 0.15) is 40.7 Å². The van der Waals surface area contributed by atoms with Crippen LogP contribution in [-0.2, 0) is 17.1 Å². The maximum atomic E-state index is 14.4. The van der Waals surface area contributed by atoms with E-state index < -0.39 is 18.0 Å². The average molecular weight is 429 g/mol. The highest BCUT2D eigenvalue weighted by molar-refractivity contribution is 5.87. The Morgan fingerprint density at radius 1 is 1.16 bits per heavy atom. The van der Waals surface area contributed by atoms with Crippen LogP contribution in [-0.4, -0.2) is 45.7 Å². The van der Waals surface area contributed by atoms with Crippen molar-refractivity contribution in [1.29, 1.82) is 0 Å². The molecule has 1 fully saturated rings. The van der Waals surface area contributed by atoms with E-state index in [0.29, 0.717) is 32.2 Å². The van der Waals surface area contributed by atoms with Crippen molar-refractivity contribution in [1.82, 2.24) is 4.90 Å². The third kappa shape index (κ3) is 5.55. The first-order valence-electron chi connectivity index (χ1n) is 10.2. The van der Waals surface area contributed by atoms with E-state index in [9.17, 15) is 23.5 Å². The minimum Gasteiger partial charge on any atom is -0.478 e. The number of hydrogen-bond acceptors (Lipinski definition) is 3. The number of carbonyl (C=O) groups is 2. The van der Waals surface area contributed by atoms with Gasteiger partial charge in [0.05, 0.1) is 11.6 Å². The highest BCUT2D eigenvalue weighted by Gasteiger charge is 2.39. The summed E-state index contributed by atoms with van der Waals surface area (Å²) < 4.78 is 28.9. The fourth-order valence-corrected chi connectivity index (χ4v) is 3.70. The van der Waals surface area contributed by atoms with Gasteiger partial charge in [-0.05, 0) is 37.0 Å². The first kappa shape index (κ1) is 22.6. The molecule has 2 N–H and O–H groups in total. The Morgan fingerprint density at radius 3 is 2.48 bits per heavy atom. The minimum absolute atomic E-state index is 0.0415. The summed E-state index contributed by atoms with van der Waals surface area (Å²) in [4.78, 5) is 24.8. The lowest BCUT2D eigenvalue weighted by Gasteiger charge is -2.24. The van der Waals surface area contributed by atoms with Gasteiger partial charge in [-0.15, -0.1) is 0 Å². The molecule has 1 aliphatic heterocycles. The molecule has 2 aromatic carbocycles. The van der Waals surface area contributed by atoms with Gasteiger partial charge in [-0.2, -0.15) is 8.78 Å². The zero-order valence-corrected chi connectivity index (χ0v) is 17.0. The SMILES string of the molecule is O=C(O)c1ccc(CCCN2C(=O)CCC2C=CC(O)C(F)(F)c2ccccc2)cc1. The summed E-state index contributed by atoms with van der Waals surface area (Å²) in [6.45, 7) is 0.458. The number of carbonyl (C=O) groups excluding carboxylic acids is 1. The van der Waals surface area contributed by atoms with Crippen LogP contribution in [0.4, 0.5) is 8.78 Å². The van der Waals surface area contributed by atoms with E-state index in [0.717, 1.165) is 11.6 Å². The number of amides is 1. The summed E-state index contributed by atoms with van der Waals surface area (Å²) in [6.07, 6.45) is 2.77. The van der Waals surface area contributed by atoms with Crippen LogP contribution in [0.5, 0.6) is 0 Å². The Balaban J connectivity index is 1.57. The minimum atomic E-state index is -3.42. The van der Waals surface area contributed by atoms with Crippen molar-refractivity contribution in [2.45, 2.75) is 43.8 Å². The molecule has 3 rings (SSSR count). The summed E-state index contributed by atoms with van der Waals surface area (Å²) in [5, 5.41) is 19.0. The second kappa shape index (κ2) is 9.83. The topological polar surface area (TPSA) is 77.8 Å². The Kier molecular flexibility index (Phi) is 7.17. The predicted octanol–water partition coefficient (Wildman–Crippen LogP) is 4.02. The van der Waals surface area contributed by atoms with E-state index in [4.69, 9.17) is 5.11 Å². The largest absolute Gasteiger partial charge is 0.478 e. The number of benzene rings is 2. The van der Waals surface area contributed by atoms with Crippen LogP contribution in [0.2, 0.25) is 0 Å². The number of nitrogens with zero attached hydrogens (tertiary/aromatic N) is 1. The number of likely N-dealkylation sites (tertiary alicyclic amines) is 1. The molecule has 1 aliphatic rings. The summed E-state index contributed by atoms with van der Waals surface area (Å²) in [7, 11) is 0. The molecule has 0 aliphatic carbocycles. The summed E-state index contributed by atoms with van der Waals surface area (Å²) in [5.41, 5.74) is 0.914. The van der Waals surface area contributed by atoms with E-state index in [1.54, 1.807) is 35.2 Å². The van der Waals surface area contributed by atoms with Crippen LogP contribution in [0, 0.1) is 0 Å².